The number of hydrogen-bond acceptors (Lipinski definition) is 5. The summed E-state index contributed by atoms with van der Waals surface area (Å²) in [4.78, 5) is 2.05. The molecule has 0 aliphatic carbocycles. The molecule has 2 unspecified atom stereocenters. The third-order valence-electron chi connectivity index (χ3n) is 3.00. The molecule has 1 saturated heterocycles. The Hall–Kier alpha value is 0.220. The molecule has 1 fully saturated rings. The molecular formula is C10H22N2O2S2. The highest BCUT2D eigenvalue weighted by Crippen LogP contribution is 2.21. The van der Waals surface area contributed by atoms with Gasteiger partial charge < -0.3 is 5.73 Å². The van der Waals surface area contributed by atoms with Gasteiger partial charge in [-0.2, -0.15) is 11.8 Å². The summed E-state index contributed by atoms with van der Waals surface area (Å²) in [7, 11) is -2.97. The minimum atomic E-state index is -2.97. The lowest BCUT2D eigenvalue weighted by atomic mass is 10.2. The van der Waals surface area contributed by atoms with Gasteiger partial charge in [-0.1, -0.05) is 13.8 Å². The first-order valence-corrected chi connectivity index (χ1v) is 8.67. The molecule has 1 heterocycles. The number of thioether (sulfide) groups is 1. The Labute approximate surface area is 103 Å². The molecule has 6 heteroatoms. The van der Waals surface area contributed by atoms with Crippen LogP contribution < -0.4 is 5.73 Å². The first kappa shape index (κ1) is 14.3. The maximum atomic E-state index is 11.9. The van der Waals surface area contributed by atoms with Crippen LogP contribution in [0.2, 0.25) is 0 Å². The molecule has 0 amide bonds. The third kappa shape index (κ3) is 3.61. The van der Waals surface area contributed by atoms with E-state index >= 15 is 0 Å². The molecule has 4 nitrogen and oxygen atoms in total. The summed E-state index contributed by atoms with van der Waals surface area (Å²) in [5.74, 6) is 1.91. The molecule has 0 aromatic rings. The standard InChI is InChI=1S/C10H22N2O2S2/c1-3-9(11)7-12-5-6-15-8-10(12)16(13,14)4-2/h9-10H,3-8,11H2,1-2H3. The number of nitrogens with zero attached hydrogens (tertiary/aromatic N) is 1. The second-order valence-electron chi connectivity index (χ2n) is 4.14. The lowest BCUT2D eigenvalue weighted by Gasteiger charge is -2.35. The highest BCUT2D eigenvalue weighted by Gasteiger charge is 2.33. The van der Waals surface area contributed by atoms with E-state index in [2.05, 4.69) is 0 Å². The van der Waals surface area contributed by atoms with Crippen molar-refractivity contribution in [2.45, 2.75) is 31.7 Å². The summed E-state index contributed by atoms with van der Waals surface area (Å²) in [5.41, 5.74) is 5.91. The van der Waals surface area contributed by atoms with Crippen molar-refractivity contribution < 1.29 is 8.42 Å². The molecule has 1 aliphatic rings. The molecule has 0 aromatic carbocycles. The first-order valence-electron chi connectivity index (χ1n) is 5.80. The molecular weight excluding hydrogens is 244 g/mol. The Bertz CT molecular complexity index is 306. The van der Waals surface area contributed by atoms with Gasteiger partial charge in [0.1, 0.15) is 5.37 Å². The van der Waals surface area contributed by atoms with Gasteiger partial charge in [-0.05, 0) is 6.42 Å². The maximum Gasteiger partial charge on any atom is 0.166 e. The normalized spacial score (nSPS) is 25.6. The van der Waals surface area contributed by atoms with E-state index in [0.717, 1.165) is 18.7 Å². The van der Waals surface area contributed by atoms with Crippen LogP contribution in [-0.2, 0) is 9.84 Å². The van der Waals surface area contributed by atoms with E-state index in [4.69, 9.17) is 5.73 Å². The van der Waals surface area contributed by atoms with Crippen molar-refractivity contribution in [2.75, 3.05) is 30.3 Å². The zero-order valence-electron chi connectivity index (χ0n) is 10.1. The van der Waals surface area contributed by atoms with Gasteiger partial charge in [-0.3, -0.25) is 4.90 Å². The molecule has 2 atom stereocenters. The van der Waals surface area contributed by atoms with Crippen molar-refractivity contribution in [2.24, 2.45) is 5.73 Å². The van der Waals surface area contributed by atoms with Crippen molar-refractivity contribution in [1.82, 2.24) is 4.90 Å². The molecule has 0 spiro atoms. The van der Waals surface area contributed by atoms with E-state index in [-0.39, 0.29) is 17.2 Å². The number of hydrogen-bond donors (Lipinski definition) is 1. The minimum Gasteiger partial charge on any atom is -0.327 e. The molecule has 0 radical (unpaired) electrons. The Kier molecular flexibility index (Phi) is 5.56. The lowest BCUT2D eigenvalue weighted by Crippen LogP contribution is -2.51. The lowest BCUT2D eigenvalue weighted by molar-refractivity contribution is 0.251. The molecule has 16 heavy (non-hydrogen) atoms. The molecule has 0 saturated carbocycles. The van der Waals surface area contributed by atoms with Gasteiger partial charge >= 0.3 is 0 Å². The smallest absolute Gasteiger partial charge is 0.166 e. The predicted octanol–water partition coefficient (Wildman–Crippen LogP) is 0.533. The monoisotopic (exact) mass is 266 g/mol. The largest absolute Gasteiger partial charge is 0.327 e. The summed E-state index contributed by atoms with van der Waals surface area (Å²) in [6.45, 7) is 5.28. The van der Waals surface area contributed by atoms with Crippen molar-refractivity contribution in [3.63, 3.8) is 0 Å². The minimum absolute atomic E-state index is 0.0812. The summed E-state index contributed by atoms with van der Waals surface area (Å²) in [6.07, 6.45) is 0.891. The summed E-state index contributed by atoms with van der Waals surface area (Å²) in [6, 6.07) is 0.0812. The van der Waals surface area contributed by atoms with Crippen LogP contribution in [0.25, 0.3) is 0 Å². The van der Waals surface area contributed by atoms with E-state index in [0.29, 0.717) is 12.3 Å². The highest BCUT2D eigenvalue weighted by atomic mass is 32.2. The summed E-state index contributed by atoms with van der Waals surface area (Å²) < 4.78 is 23.9. The average molecular weight is 266 g/mol. The number of sulfone groups is 1. The van der Waals surface area contributed by atoms with Crippen molar-refractivity contribution in [3.05, 3.63) is 0 Å². The zero-order chi connectivity index (χ0) is 12.2. The topological polar surface area (TPSA) is 63.4 Å². The van der Waals surface area contributed by atoms with Crippen LogP contribution >= 0.6 is 11.8 Å². The first-order chi connectivity index (χ1) is 7.51. The van der Waals surface area contributed by atoms with Crippen LogP contribution in [0, 0.1) is 0 Å². The predicted molar refractivity (Wildman–Crippen MR) is 70.4 cm³/mol. The summed E-state index contributed by atoms with van der Waals surface area (Å²) >= 11 is 1.72. The maximum absolute atomic E-state index is 11.9. The van der Waals surface area contributed by atoms with Gasteiger partial charge in [0.25, 0.3) is 0 Å². The van der Waals surface area contributed by atoms with Gasteiger partial charge in [0.15, 0.2) is 9.84 Å². The molecule has 96 valence electrons. The van der Waals surface area contributed by atoms with Crippen molar-refractivity contribution >= 4 is 21.6 Å². The Morgan fingerprint density at radius 2 is 2.19 bits per heavy atom. The van der Waals surface area contributed by atoms with Gasteiger partial charge in [-0.15, -0.1) is 0 Å². The van der Waals surface area contributed by atoms with Crippen molar-refractivity contribution in [3.8, 4) is 0 Å². The van der Waals surface area contributed by atoms with Crippen LogP contribution in [0.1, 0.15) is 20.3 Å². The van der Waals surface area contributed by atoms with E-state index < -0.39 is 9.84 Å². The van der Waals surface area contributed by atoms with Crippen LogP contribution in [0.4, 0.5) is 0 Å². The van der Waals surface area contributed by atoms with Gasteiger partial charge in [-0.25, -0.2) is 8.42 Å². The van der Waals surface area contributed by atoms with Crippen LogP contribution in [0.3, 0.4) is 0 Å². The zero-order valence-corrected chi connectivity index (χ0v) is 11.7. The second-order valence-corrected chi connectivity index (χ2v) is 7.74. The van der Waals surface area contributed by atoms with Crippen LogP contribution in [0.5, 0.6) is 0 Å². The van der Waals surface area contributed by atoms with Crippen molar-refractivity contribution in [1.29, 1.82) is 0 Å². The molecule has 2 N–H and O–H groups in total. The average Bonchev–Trinajstić information content (AvgIpc) is 2.29. The fraction of sp³-hybridized carbons (Fsp3) is 1.00. The Morgan fingerprint density at radius 1 is 1.50 bits per heavy atom. The highest BCUT2D eigenvalue weighted by molar-refractivity contribution is 8.01. The van der Waals surface area contributed by atoms with Crippen LogP contribution in [-0.4, -0.2) is 55.1 Å². The fourth-order valence-electron chi connectivity index (χ4n) is 1.78. The summed E-state index contributed by atoms with van der Waals surface area (Å²) in [5, 5.41) is -0.325. The molecule has 1 aliphatic heterocycles. The van der Waals surface area contributed by atoms with E-state index in [1.165, 1.54) is 0 Å². The Balaban J connectivity index is 2.71. The number of rotatable bonds is 5. The Morgan fingerprint density at radius 3 is 2.75 bits per heavy atom. The number of nitrogens with two attached hydrogens (primary N) is 1. The third-order valence-corrected chi connectivity index (χ3v) is 6.33. The fourth-order valence-corrected chi connectivity index (χ4v) is 4.87. The molecule has 0 aromatic heterocycles. The van der Waals surface area contributed by atoms with Gasteiger partial charge in [0.2, 0.25) is 0 Å². The SMILES string of the molecule is CCC(N)CN1CCSCC1S(=O)(=O)CC. The van der Waals surface area contributed by atoms with Gasteiger partial charge in [0, 0.05) is 36.4 Å². The second kappa shape index (κ2) is 6.23. The quantitative estimate of drug-likeness (QED) is 0.786. The van der Waals surface area contributed by atoms with E-state index in [9.17, 15) is 8.42 Å². The molecule has 1 rings (SSSR count). The van der Waals surface area contributed by atoms with Crippen LogP contribution in [0.15, 0.2) is 0 Å². The van der Waals surface area contributed by atoms with E-state index in [1.54, 1.807) is 18.7 Å². The van der Waals surface area contributed by atoms with Gasteiger partial charge in [0.05, 0.1) is 0 Å². The molecule has 0 bridgehead atoms. The van der Waals surface area contributed by atoms with E-state index in [1.807, 2.05) is 11.8 Å².